The lowest BCUT2D eigenvalue weighted by Gasteiger charge is -2.36. The fraction of sp³-hybridized carbons (Fsp3) is 0.412. The normalized spacial score (nSPS) is 16.3. The van der Waals surface area contributed by atoms with Crippen molar-refractivity contribution in [3.63, 3.8) is 0 Å². The van der Waals surface area contributed by atoms with Crippen LogP contribution in [0.2, 0.25) is 5.02 Å². The Bertz CT molecular complexity index is 602. The maximum Gasteiger partial charge on any atom is 0.225 e. The molecule has 0 N–H and O–H groups in total. The Morgan fingerprint density at radius 3 is 2.05 bits per heavy atom. The van der Waals surface area contributed by atoms with Gasteiger partial charge in [-0.05, 0) is 31.5 Å². The van der Waals surface area contributed by atoms with E-state index in [1.807, 2.05) is 36.7 Å². The summed E-state index contributed by atoms with van der Waals surface area (Å²) in [7, 11) is 0. The van der Waals surface area contributed by atoms with Gasteiger partial charge in [0, 0.05) is 55.2 Å². The zero-order chi connectivity index (χ0) is 15.5. The van der Waals surface area contributed by atoms with E-state index < -0.39 is 0 Å². The molecule has 0 bridgehead atoms. The molecule has 22 heavy (non-hydrogen) atoms. The number of nitrogens with zero attached hydrogens (tertiary/aromatic N) is 4. The lowest BCUT2D eigenvalue weighted by atomic mass is 10.1. The Morgan fingerprint density at radius 1 is 0.909 bits per heavy atom. The molecule has 1 aliphatic rings. The van der Waals surface area contributed by atoms with Crippen LogP contribution in [0.4, 0.5) is 5.95 Å². The predicted octanol–water partition coefficient (Wildman–Crippen LogP) is 3.33. The highest BCUT2D eigenvalue weighted by Gasteiger charge is 2.20. The van der Waals surface area contributed by atoms with E-state index in [1.165, 1.54) is 0 Å². The fourth-order valence-electron chi connectivity index (χ4n) is 2.71. The summed E-state index contributed by atoms with van der Waals surface area (Å²) < 4.78 is 0. The smallest absolute Gasteiger partial charge is 0.225 e. The zero-order valence-corrected chi connectivity index (χ0v) is 13.8. The number of benzene rings is 1. The summed E-state index contributed by atoms with van der Waals surface area (Å²) in [4.78, 5) is 13.8. The van der Waals surface area contributed by atoms with Gasteiger partial charge < -0.3 is 4.90 Å². The van der Waals surface area contributed by atoms with E-state index in [4.69, 9.17) is 11.6 Å². The summed E-state index contributed by atoms with van der Waals surface area (Å²) >= 11 is 5.92. The first-order valence-corrected chi connectivity index (χ1v) is 8.08. The van der Waals surface area contributed by atoms with E-state index in [2.05, 4.69) is 33.6 Å². The lowest BCUT2D eigenvalue weighted by molar-refractivity contribution is 0.208. The van der Waals surface area contributed by atoms with E-state index in [0.717, 1.165) is 48.3 Å². The number of piperazine rings is 1. The summed E-state index contributed by atoms with van der Waals surface area (Å²) in [6.45, 7) is 8.59. The third kappa shape index (κ3) is 3.39. The molecule has 0 radical (unpaired) electrons. The Kier molecular flexibility index (Phi) is 4.60. The fourth-order valence-corrected chi connectivity index (χ4v) is 2.84. The predicted molar refractivity (Wildman–Crippen MR) is 91.4 cm³/mol. The van der Waals surface area contributed by atoms with Crippen LogP contribution in [0.1, 0.15) is 13.8 Å². The monoisotopic (exact) mass is 316 g/mol. The number of anilines is 1. The SMILES string of the molecule is CC(C)N1CCN(c2ncc(-c3ccc(Cl)cc3)cn2)CC1. The minimum absolute atomic E-state index is 0.607. The van der Waals surface area contributed by atoms with Gasteiger partial charge >= 0.3 is 0 Å². The Hall–Kier alpha value is -1.65. The summed E-state index contributed by atoms with van der Waals surface area (Å²) in [5.41, 5.74) is 2.10. The number of rotatable bonds is 3. The molecule has 116 valence electrons. The van der Waals surface area contributed by atoms with Crippen LogP contribution in [-0.2, 0) is 0 Å². The second-order valence-electron chi connectivity index (χ2n) is 5.90. The molecule has 1 aliphatic heterocycles. The quantitative estimate of drug-likeness (QED) is 0.869. The maximum absolute atomic E-state index is 5.92. The standard InChI is InChI=1S/C17H21ClN4/c1-13(2)21-7-9-22(10-8-21)17-19-11-15(12-20-17)14-3-5-16(18)6-4-14/h3-6,11-13H,7-10H2,1-2H3. The van der Waals surface area contributed by atoms with Gasteiger partial charge in [0.25, 0.3) is 0 Å². The van der Waals surface area contributed by atoms with Gasteiger partial charge in [-0.15, -0.1) is 0 Å². The van der Waals surface area contributed by atoms with Gasteiger partial charge in [0.05, 0.1) is 0 Å². The highest BCUT2D eigenvalue weighted by atomic mass is 35.5. The van der Waals surface area contributed by atoms with Crippen molar-refractivity contribution in [3.8, 4) is 11.1 Å². The summed E-state index contributed by atoms with van der Waals surface area (Å²) in [5, 5.41) is 0.740. The van der Waals surface area contributed by atoms with Gasteiger partial charge in [-0.1, -0.05) is 23.7 Å². The van der Waals surface area contributed by atoms with Gasteiger partial charge in [0.1, 0.15) is 0 Å². The Morgan fingerprint density at radius 2 is 1.50 bits per heavy atom. The first-order valence-electron chi connectivity index (χ1n) is 7.70. The van der Waals surface area contributed by atoms with Gasteiger partial charge in [0.2, 0.25) is 5.95 Å². The first kappa shape index (κ1) is 15.3. The van der Waals surface area contributed by atoms with Crippen LogP contribution in [0.5, 0.6) is 0 Å². The average Bonchev–Trinajstić information content (AvgIpc) is 2.56. The van der Waals surface area contributed by atoms with E-state index in [9.17, 15) is 0 Å². The number of hydrogen-bond donors (Lipinski definition) is 0. The molecule has 0 saturated carbocycles. The molecule has 1 aromatic heterocycles. The van der Waals surface area contributed by atoms with Gasteiger partial charge in [-0.3, -0.25) is 4.90 Å². The molecule has 2 heterocycles. The van der Waals surface area contributed by atoms with Crippen molar-refractivity contribution in [1.29, 1.82) is 0 Å². The van der Waals surface area contributed by atoms with Crippen LogP contribution in [0, 0.1) is 0 Å². The van der Waals surface area contributed by atoms with Gasteiger partial charge in [0.15, 0.2) is 0 Å². The van der Waals surface area contributed by atoms with Crippen LogP contribution >= 0.6 is 11.6 Å². The van der Waals surface area contributed by atoms with Crippen molar-refractivity contribution >= 4 is 17.5 Å². The molecule has 1 fully saturated rings. The van der Waals surface area contributed by atoms with Crippen molar-refractivity contribution < 1.29 is 0 Å². The molecule has 0 spiro atoms. The van der Waals surface area contributed by atoms with E-state index in [-0.39, 0.29) is 0 Å². The third-order valence-corrected chi connectivity index (χ3v) is 4.40. The molecule has 1 saturated heterocycles. The minimum Gasteiger partial charge on any atom is -0.338 e. The van der Waals surface area contributed by atoms with Crippen molar-refractivity contribution in [2.24, 2.45) is 0 Å². The highest BCUT2D eigenvalue weighted by Crippen LogP contribution is 2.21. The highest BCUT2D eigenvalue weighted by molar-refractivity contribution is 6.30. The van der Waals surface area contributed by atoms with Crippen molar-refractivity contribution in [2.75, 3.05) is 31.1 Å². The summed E-state index contributed by atoms with van der Waals surface area (Å²) in [6, 6.07) is 8.35. The van der Waals surface area contributed by atoms with Crippen molar-refractivity contribution in [1.82, 2.24) is 14.9 Å². The topological polar surface area (TPSA) is 32.3 Å². The van der Waals surface area contributed by atoms with E-state index >= 15 is 0 Å². The lowest BCUT2D eigenvalue weighted by Crippen LogP contribution is -2.49. The molecule has 0 atom stereocenters. The largest absolute Gasteiger partial charge is 0.338 e. The van der Waals surface area contributed by atoms with E-state index in [1.54, 1.807) is 0 Å². The molecule has 0 unspecified atom stereocenters. The van der Waals surface area contributed by atoms with Gasteiger partial charge in [-0.2, -0.15) is 0 Å². The van der Waals surface area contributed by atoms with Crippen molar-refractivity contribution in [3.05, 3.63) is 41.7 Å². The minimum atomic E-state index is 0.607. The van der Waals surface area contributed by atoms with Crippen LogP contribution in [0.15, 0.2) is 36.7 Å². The molecular formula is C17H21ClN4. The molecule has 5 heteroatoms. The molecule has 1 aromatic carbocycles. The van der Waals surface area contributed by atoms with Gasteiger partial charge in [-0.25, -0.2) is 9.97 Å². The van der Waals surface area contributed by atoms with Crippen LogP contribution in [0.25, 0.3) is 11.1 Å². The van der Waals surface area contributed by atoms with Crippen LogP contribution in [-0.4, -0.2) is 47.1 Å². The van der Waals surface area contributed by atoms with Crippen LogP contribution < -0.4 is 4.90 Å². The average molecular weight is 317 g/mol. The van der Waals surface area contributed by atoms with E-state index in [0.29, 0.717) is 6.04 Å². The Labute approximate surface area is 136 Å². The number of halogens is 1. The molecular weight excluding hydrogens is 296 g/mol. The molecule has 2 aromatic rings. The summed E-state index contributed by atoms with van der Waals surface area (Å²) in [5.74, 6) is 0.820. The number of hydrogen-bond acceptors (Lipinski definition) is 4. The zero-order valence-electron chi connectivity index (χ0n) is 13.0. The van der Waals surface area contributed by atoms with Crippen molar-refractivity contribution in [2.45, 2.75) is 19.9 Å². The second kappa shape index (κ2) is 6.63. The Balaban J connectivity index is 1.68. The third-order valence-electron chi connectivity index (χ3n) is 4.14. The second-order valence-corrected chi connectivity index (χ2v) is 6.33. The molecule has 4 nitrogen and oxygen atoms in total. The van der Waals surface area contributed by atoms with Crippen LogP contribution in [0.3, 0.4) is 0 Å². The maximum atomic E-state index is 5.92. The number of aromatic nitrogens is 2. The molecule has 0 amide bonds. The molecule has 3 rings (SSSR count). The molecule has 0 aliphatic carbocycles. The summed E-state index contributed by atoms with van der Waals surface area (Å²) in [6.07, 6.45) is 3.78. The first-order chi connectivity index (χ1) is 10.6.